The zero-order valence-electron chi connectivity index (χ0n) is 15.5. The third kappa shape index (κ3) is 3.75. The van der Waals surface area contributed by atoms with Crippen LogP contribution in [0, 0.1) is 0 Å². The van der Waals surface area contributed by atoms with E-state index in [1.54, 1.807) is 12.3 Å². The summed E-state index contributed by atoms with van der Waals surface area (Å²) in [4.78, 5) is 18.9. The van der Waals surface area contributed by atoms with Crippen molar-refractivity contribution in [1.29, 1.82) is 0 Å². The number of hydrogen-bond donors (Lipinski definition) is 2. The van der Waals surface area contributed by atoms with E-state index in [2.05, 4.69) is 20.5 Å². The van der Waals surface area contributed by atoms with Crippen LogP contribution in [0.2, 0.25) is 0 Å². The van der Waals surface area contributed by atoms with Crippen LogP contribution in [0.3, 0.4) is 0 Å². The zero-order chi connectivity index (χ0) is 20.8. The number of hydrogen-bond acceptors (Lipinski definition) is 6. The van der Waals surface area contributed by atoms with Crippen LogP contribution in [0.4, 0.5) is 24.8 Å². The maximum absolute atomic E-state index is 13.1. The molecule has 9 nitrogen and oxygen atoms in total. The number of fused-ring (bicyclic) bond motifs is 1. The van der Waals surface area contributed by atoms with Crippen molar-refractivity contribution in [1.82, 2.24) is 24.4 Å². The van der Waals surface area contributed by atoms with Crippen molar-refractivity contribution < 1.29 is 18.0 Å². The average molecular weight is 408 g/mol. The fraction of sp³-hybridized carbons (Fsp3) is 0.412. The lowest BCUT2D eigenvalue weighted by Crippen LogP contribution is -2.43. The van der Waals surface area contributed by atoms with Gasteiger partial charge in [-0.05, 0) is 25.0 Å². The number of aromatic nitrogens is 5. The standard InChI is InChI=1S/C17H19F3N8O/c1-26-9-12(14(24-26)17(18,19)20)23-15(29)13-5-4-11-7-22-16(25-28(11)13)27-6-2-3-10(21)8-27/h4-5,7,9-10H,2-3,6,8,21H2,1H3,(H,23,29)/t10-/m0/s1. The van der Waals surface area contributed by atoms with Crippen LogP contribution in [0.5, 0.6) is 0 Å². The number of nitrogens with two attached hydrogens (primary N) is 1. The smallest absolute Gasteiger partial charge is 0.338 e. The molecule has 0 aliphatic carbocycles. The van der Waals surface area contributed by atoms with E-state index in [4.69, 9.17) is 5.73 Å². The van der Waals surface area contributed by atoms with Gasteiger partial charge in [0.2, 0.25) is 5.95 Å². The van der Waals surface area contributed by atoms with Crippen LogP contribution in [0.25, 0.3) is 5.52 Å². The normalized spacial score (nSPS) is 17.7. The Kier molecular flexibility index (Phi) is 4.65. The first kappa shape index (κ1) is 19.2. The van der Waals surface area contributed by atoms with Gasteiger partial charge in [0.25, 0.3) is 5.91 Å². The third-order valence-electron chi connectivity index (χ3n) is 4.71. The Labute approximate surface area is 163 Å². The molecule has 0 bridgehead atoms. The molecule has 1 aliphatic heterocycles. The van der Waals surface area contributed by atoms with Crippen molar-refractivity contribution in [3.63, 3.8) is 0 Å². The molecule has 3 aromatic rings. The molecular formula is C17H19F3N8O. The van der Waals surface area contributed by atoms with Crippen LogP contribution >= 0.6 is 0 Å². The Morgan fingerprint density at radius 1 is 1.31 bits per heavy atom. The average Bonchev–Trinajstić information content (AvgIpc) is 3.24. The zero-order valence-corrected chi connectivity index (χ0v) is 15.5. The predicted molar refractivity (Wildman–Crippen MR) is 98.6 cm³/mol. The summed E-state index contributed by atoms with van der Waals surface area (Å²) in [6.45, 7) is 1.34. The van der Waals surface area contributed by atoms with Crippen molar-refractivity contribution in [3.8, 4) is 0 Å². The van der Waals surface area contributed by atoms with Gasteiger partial charge >= 0.3 is 6.18 Å². The number of carbonyl (C=O) groups excluding carboxylic acids is 1. The van der Waals surface area contributed by atoms with Gasteiger partial charge in [-0.15, -0.1) is 5.10 Å². The lowest BCUT2D eigenvalue weighted by molar-refractivity contribution is -0.140. The first-order valence-electron chi connectivity index (χ1n) is 9.00. The Bertz CT molecular complexity index is 1060. The van der Waals surface area contributed by atoms with Crippen molar-refractivity contribution in [2.24, 2.45) is 12.8 Å². The summed E-state index contributed by atoms with van der Waals surface area (Å²) in [5.74, 6) is -0.321. The quantitative estimate of drug-likeness (QED) is 0.683. The number of halogens is 3. The molecule has 1 fully saturated rings. The van der Waals surface area contributed by atoms with E-state index in [9.17, 15) is 18.0 Å². The highest BCUT2D eigenvalue weighted by molar-refractivity contribution is 6.04. The fourth-order valence-corrected chi connectivity index (χ4v) is 3.38. The van der Waals surface area contributed by atoms with Gasteiger partial charge in [-0.2, -0.15) is 18.3 Å². The molecule has 3 N–H and O–H groups in total. The van der Waals surface area contributed by atoms with Gasteiger partial charge in [-0.3, -0.25) is 9.48 Å². The van der Waals surface area contributed by atoms with Crippen LogP contribution < -0.4 is 16.0 Å². The minimum atomic E-state index is -4.69. The molecule has 29 heavy (non-hydrogen) atoms. The summed E-state index contributed by atoms with van der Waals surface area (Å²) < 4.78 is 41.7. The Balaban J connectivity index is 1.64. The van der Waals surface area contributed by atoms with Crippen LogP contribution in [-0.4, -0.2) is 49.4 Å². The lowest BCUT2D eigenvalue weighted by Gasteiger charge is -2.30. The fourth-order valence-electron chi connectivity index (χ4n) is 3.38. The molecule has 0 radical (unpaired) electrons. The molecule has 0 saturated carbocycles. The molecule has 1 aliphatic rings. The van der Waals surface area contributed by atoms with Gasteiger partial charge in [0.05, 0.1) is 17.4 Å². The van der Waals surface area contributed by atoms with Gasteiger partial charge in [0.15, 0.2) is 5.69 Å². The van der Waals surface area contributed by atoms with Gasteiger partial charge in [0.1, 0.15) is 5.69 Å². The van der Waals surface area contributed by atoms with Gasteiger partial charge in [-0.25, -0.2) is 9.50 Å². The number of piperidine rings is 1. The number of aryl methyl sites for hydroxylation is 1. The molecule has 1 saturated heterocycles. The largest absolute Gasteiger partial charge is 0.437 e. The number of nitrogens with zero attached hydrogens (tertiary/aromatic N) is 6. The van der Waals surface area contributed by atoms with Crippen LogP contribution in [0.1, 0.15) is 29.0 Å². The number of alkyl halides is 3. The third-order valence-corrected chi connectivity index (χ3v) is 4.71. The van der Waals surface area contributed by atoms with E-state index in [1.165, 1.54) is 17.6 Å². The van der Waals surface area contributed by atoms with Gasteiger partial charge in [0, 0.05) is 32.4 Å². The van der Waals surface area contributed by atoms with Crippen molar-refractivity contribution in [3.05, 3.63) is 35.9 Å². The molecule has 4 rings (SSSR count). The molecule has 0 spiro atoms. The minimum absolute atomic E-state index is 0.0156. The van der Waals surface area contributed by atoms with Gasteiger partial charge < -0.3 is 16.0 Å². The second-order valence-electron chi connectivity index (χ2n) is 6.98. The molecule has 1 amide bonds. The summed E-state index contributed by atoms with van der Waals surface area (Å²) in [6.07, 6.45) is -0.199. The highest BCUT2D eigenvalue weighted by atomic mass is 19.4. The van der Waals surface area contributed by atoms with E-state index >= 15 is 0 Å². The summed E-state index contributed by atoms with van der Waals surface area (Å²) in [7, 11) is 1.35. The summed E-state index contributed by atoms with van der Waals surface area (Å²) in [5, 5.41) is 10.1. The molecule has 4 heterocycles. The monoisotopic (exact) mass is 408 g/mol. The van der Waals surface area contributed by atoms with E-state index in [-0.39, 0.29) is 11.7 Å². The minimum Gasteiger partial charge on any atom is -0.338 e. The molecule has 154 valence electrons. The summed E-state index contributed by atoms with van der Waals surface area (Å²) in [6, 6.07) is 3.12. The maximum Gasteiger partial charge on any atom is 0.437 e. The van der Waals surface area contributed by atoms with Gasteiger partial charge in [-0.1, -0.05) is 0 Å². The Morgan fingerprint density at radius 3 is 2.83 bits per heavy atom. The first-order valence-corrected chi connectivity index (χ1v) is 9.00. The Hall–Kier alpha value is -3.15. The second kappa shape index (κ2) is 7.03. The SMILES string of the molecule is Cn1cc(NC(=O)c2ccc3cnc(N4CCC[C@H](N)C4)nn23)c(C(F)(F)F)n1. The maximum atomic E-state index is 13.1. The summed E-state index contributed by atoms with van der Waals surface area (Å²) in [5.41, 5.74) is 5.05. The number of carbonyl (C=O) groups is 1. The van der Waals surface area contributed by atoms with Crippen LogP contribution in [0.15, 0.2) is 24.5 Å². The topological polar surface area (TPSA) is 106 Å². The predicted octanol–water partition coefficient (Wildman–Crippen LogP) is 1.66. The lowest BCUT2D eigenvalue weighted by atomic mass is 10.1. The van der Waals surface area contributed by atoms with E-state index in [0.29, 0.717) is 18.0 Å². The molecule has 12 heteroatoms. The summed E-state index contributed by atoms with van der Waals surface area (Å²) >= 11 is 0. The van der Waals surface area contributed by atoms with Crippen molar-refractivity contribution >= 4 is 23.1 Å². The number of anilines is 2. The number of rotatable bonds is 3. The highest BCUT2D eigenvalue weighted by Crippen LogP contribution is 2.33. The molecule has 0 unspecified atom stereocenters. The van der Waals surface area contributed by atoms with Crippen molar-refractivity contribution in [2.75, 3.05) is 23.3 Å². The van der Waals surface area contributed by atoms with E-state index in [1.807, 2.05) is 4.90 Å². The number of nitrogens with one attached hydrogen (secondary N) is 1. The highest BCUT2D eigenvalue weighted by Gasteiger charge is 2.37. The van der Waals surface area contributed by atoms with E-state index < -0.39 is 23.5 Å². The molecular weight excluding hydrogens is 389 g/mol. The molecule has 3 aromatic heterocycles. The first-order chi connectivity index (χ1) is 13.7. The van der Waals surface area contributed by atoms with Crippen LogP contribution in [-0.2, 0) is 13.2 Å². The molecule has 0 aromatic carbocycles. The molecule has 1 atom stereocenters. The second-order valence-corrected chi connectivity index (χ2v) is 6.98. The number of amides is 1. The van der Waals surface area contributed by atoms with Crippen molar-refractivity contribution in [2.45, 2.75) is 25.1 Å². The van der Waals surface area contributed by atoms with E-state index in [0.717, 1.165) is 30.3 Å². The Morgan fingerprint density at radius 2 is 2.10 bits per heavy atom.